The summed E-state index contributed by atoms with van der Waals surface area (Å²) in [4.78, 5) is 23.2. The van der Waals surface area contributed by atoms with Crippen molar-refractivity contribution >= 4 is 11.9 Å². The Balaban J connectivity index is 2.18. The molecule has 0 aliphatic carbocycles. The number of esters is 2. The highest BCUT2D eigenvalue weighted by Gasteiger charge is 2.08. The molecule has 0 saturated carbocycles. The number of benzene rings is 1. The molecule has 1 rings (SSSR count). The van der Waals surface area contributed by atoms with Crippen molar-refractivity contribution in [1.82, 2.24) is 0 Å². The number of carbonyl (C=O) groups is 2. The summed E-state index contributed by atoms with van der Waals surface area (Å²) in [5, 5.41) is 0. The molecule has 0 aromatic heterocycles. The number of carbonyl (C=O) groups excluding carboxylic acids is 2. The van der Waals surface area contributed by atoms with Crippen LogP contribution in [0.5, 0.6) is 11.5 Å². The van der Waals surface area contributed by atoms with E-state index in [2.05, 4.69) is 26.7 Å². The van der Waals surface area contributed by atoms with Crippen LogP contribution in [0.1, 0.15) is 64.7 Å². The predicted octanol–water partition coefficient (Wildman–Crippen LogP) is 6.87. The molecule has 0 N–H and O–H groups in total. The second-order valence-electron chi connectivity index (χ2n) is 8.08. The van der Waals surface area contributed by atoms with E-state index < -0.39 is 5.97 Å². The maximum atomic E-state index is 12.2. The lowest BCUT2D eigenvalue weighted by atomic mass is 10.1. The first-order valence-corrected chi connectivity index (χ1v) is 12.4. The molecule has 0 aliphatic heterocycles. The summed E-state index contributed by atoms with van der Waals surface area (Å²) in [6.45, 7) is 14.8. The molecule has 0 atom stereocenters. The quantitative estimate of drug-likeness (QED) is 0.0502. The molecule has 1 aromatic carbocycles. The first kappa shape index (κ1) is 29.8. The Hall–Kier alpha value is -3.28. The summed E-state index contributed by atoms with van der Waals surface area (Å²) >= 11 is 0. The fraction of sp³-hybridized carbons (Fsp3) is 0.448. The fourth-order valence-electron chi connectivity index (χ4n) is 2.97. The molecule has 6 heteroatoms. The van der Waals surface area contributed by atoms with E-state index in [0.717, 1.165) is 50.7 Å². The average Bonchev–Trinajstić information content (AvgIpc) is 2.86. The van der Waals surface area contributed by atoms with Crippen LogP contribution in [0.2, 0.25) is 0 Å². The molecule has 0 radical (unpaired) electrons. The van der Waals surface area contributed by atoms with E-state index in [1.807, 2.05) is 0 Å². The maximum Gasteiger partial charge on any atom is 0.342 e. The van der Waals surface area contributed by atoms with Gasteiger partial charge in [-0.1, -0.05) is 65.2 Å². The summed E-state index contributed by atoms with van der Waals surface area (Å²) in [6, 6.07) is 6.97. The van der Waals surface area contributed by atoms with Crippen molar-refractivity contribution in [3.63, 3.8) is 0 Å². The third kappa shape index (κ3) is 15.3. The van der Waals surface area contributed by atoms with Crippen LogP contribution in [0.25, 0.3) is 0 Å². The molecule has 6 nitrogen and oxygen atoms in total. The van der Waals surface area contributed by atoms with Crippen LogP contribution in [-0.4, -0.2) is 31.8 Å². The van der Waals surface area contributed by atoms with Gasteiger partial charge in [0.1, 0.15) is 17.3 Å². The van der Waals surface area contributed by atoms with E-state index in [9.17, 15) is 9.59 Å². The molecule has 0 heterocycles. The Morgan fingerprint density at radius 3 is 2.00 bits per heavy atom. The first-order valence-electron chi connectivity index (χ1n) is 12.4. The van der Waals surface area contributed by atoms with Gasteiger partial charge in [0, 0.05) is 6.08 Å². The number of hydrogen-bond acceptors (Lipinski definition) is 6. The monoisotopic (exact) mass is 484 g/mol. The standard InChI is InChI=1S/C29H40O6/c1-5-7-8-12-22-33-26-17-19-27(20-18-26)35-29(31)24(3)15-16-25(4)32-21-13-10-9-11-14-23-34-28(30)6-2/h6,15-20H,2-5,7-14,21-23H2,1H3/b16-15-. The molecule has 35 heavy (non-hydrogen) atoms. The topological polar surface area (TPSA) is 71.1 Å². The Morgan fingerprint density at radius 2 is 1.34 bits per heavy atom. The molecule has 0 spiro atoms. The van der Waals surface area contributed by atoms with Crippen LogP contribution >= 0.6 is 0 Å². The van der Waals surface area contributed by atoms with E-state index in [1.54, 1.807) is 30.3 Å². The van der Waals surface area contributed by atoms with Crippen LogP contribution in [0, 0.1) is 0 Å². The molecule has 0 aliphatic rings. The lowest BCUT2D eigenvalue weighted by Crippen LogP contribution is -2.09. The second-order valence-corrected chi connectivity index (χ2v) is 8.08. The summed E-state index contributed by atoms with van der Waals surface area (Å²) < 4.78 is 21.5. The Morgan fingerprint density at radius 1 is 0.771 bits per heavy atom. The number of hydrogen-bond donors (Lipinski definition) is 0. The van der Waals surface area contributed by atoms with Crippen molar-refractivity contribution in [2.24, 2.45) is 0 Å². The number of ether oxygens (including phenoxy) is 4. The van der Waals surface area contributed by atoms with Gasteiger partial charge in [-0.25, -0.2) is 9.59 Å². The predicted molar refractivity (Wildman–Crippen MR) is 139 cm³/mol. The van der Waals surface area contributed by atoms with Gasteiger partial charge in [-0.05, 0) is 55.7 Å². The van der Waals surface area contributed by atoms with Crippen molar-refractivity contribution in [2.45, 2.75) is 64.7 Å². The molecule has 192 valence electrons. The first-order chi connectivity index (χ1) is 17.0. The van der Waals surface area contributed by atoms with Gasteiger partial charge in [0.05, 0.1) is 25.4 Å². The van der Waals surface area contributed by atoms with Crippen LogP contribution in [-0.2, 0) is 19.1 Å². The van der Waals surface area contributed by atoms with Gasteiger partial charge in [-0.3, -0.25) is 0 Å². The molecule has 0 amide bonds. The maximum absolute atomic E-state index is 12.2. The minimum Gasteiger partial charge on any atom is -0.494 e. The minimum absolute atomic E-state index is 0.197. The van der Waals surface area contributed by atoms with E-state index in [4.69, 9.17) is 18.9 Å². The highest BCUT2D eigenvalue weighted by Crippen LogP contribution is 2.19. The van der Waals surface area contributed by atoms with Crippen LogP contribution in [0.4, 0.5) is 0 Å². The molecular weight excluding hydrogens is 444 g/mol. The van der Waals surface area contributed by atoms with E-state index in [-0.39, 0.29) is 11.5 Å². The van der Waals surface area contributed by atoms with Crippen molar-refractivity contribution in [3.05, 3.63) is 73.6 Å². The molecular formula is C29H40O6. The largest absolute Gasteiger partial charge is 0.494 e. The zero-order chi connectivity index (χ0) is 25.7. The number of allylic oxidation sites excluding steroid dienone is 1. The van der Waals surface area contributed by atoms with Crippen molar-refractivity contribution in [1.29, 1.82) is 0 Å². The van der Waals surface area contributed by atoms with Gasteiger partial charge in [-0.2, -0.15) is 0 Å². The lowest BCUT2D eigenvalue weighted by molar-refractivity contribution is -0.137. The normalized spacial score (nSPS) is 10.5. The van der Waals surface area contributed by atoms with Crippen molar-refractivity contribution < 1.29 is 28.5 Å². The van der Waals surface area contributed by atoms with Gasteiger partial charge >= 0.3 is 11.9 Å². The Labute approximate surface area is 210 Å². The third-order valence-electron chi connectivity index (χ3n) is 5.02. The van der Waals surface area contributed by atoms with E-state index in [1.165, 1.54) is 25.0 Å². The number of rotatable bonds is 20. The second kappa shape index (κ2) is 19.1. The zero-order valence-corrected chi connectivity index (χ0v) is 21.1. The molecule has 0 unspecified atom stereocenters. The highest BCUT2D eigenvalue weighted by molar-refractivity contribution is 5.92. The highest BCUT2D eigenvalue weighted by atomic mass is 16.5. The Kier molecular flexibility index (Phi) is 16.2. The molecule has 1 aromatic rings. The molecule has 0 fully saturated rings. The summed E-state index contributed by atoms with van der Waals surface area (Å²) in [6.07, 6.45) is 13.7. The molecule has 0 bridgehead atoms. The van der Waals surface area contributed by atoms with Gasteiger partial charge in [0.2, 0.25) is 0 Å². The van der Waals surface area contributed by atoms with Crippen LogP contribution in [0.3, 0.4) is 0 Å². The van der Waals surface area contributed by atoms with Gasteiger partial charge < -0.3 is 18.9 Å². The summed E-state index contributed by atoms with van der Waals surface area (Å²) in [7, 11) is 0. The fourth-order valence-corrected chi connectivity index (χ4v) is 2.97. The Bertz CT molecular complexity index is 822. The van der Waals surface area contributed by atoms with Gasteiger partial charge in [0.25, 0.3) is 0 Å². The van der Waals surface area contributed by atoms with Crippen LogP contribution < -0.4 is 9.47 Å². The minimum atomic E-state index is -0.541. The van der Waals surface area contributed by atoms with E-state index >= 15 is 0 Å². The third-order valence-corrected chi connectivity index (χ3v) is 5.02. The molecule has 0 saturated heterocycles. The average molecular weight is 485 g/mol. The van der Waals surface area contributed by atoms with E-state index in [0.29, 0.717) is 31.3 Å². The lowest BCUT2D eigenvalue weighted by Gasteiger charge is -2.08. The summed E-state index contributed by atoms with van der Waals surface area (Å²) in [5.41, 5.74) is 0.197. The zero-order valence-electron chi connectivity index (χ0n) is 21.1. The van der Waals surface area contributed by atoms with Crippen LogP contribution in [0.15, 0.2) is 73.6 Å². The van der Waals surface area contributed by atoms with Gasteiger partial charge in [-0.15, -0.1) is 0 Å². The SMILES string of the molecule is C=CC(=O)OCCCCCCCOC(=C)/C=C\C(=C)C(=O)Oc1ccc(OCCCCCC)cc1. The smallest absolute Gasteiger partial charge is 0.342 e. The van der Waals surface area contributed by atoms with Gasteiger partial charge in [0.15, 0.2) is 0 Å². The summed E-state index contributed by atoms with van der Waals surface area (Å²) in [5.74, 6) is 0.713. The van der Waals surface area contributed by atoms with Crippen molar-refractivity contribution in [2.75, 3.05) is 19.8 Å². The number of unbranched alkanes of at least 4 members (excludes halogenated alkanes) is 7. The van der Waals surface area contributed by atoms with Crippen molar-refractivity contribution in [3.8, 4) is 11.5 Å².